The summed E-state index contributed by atoms with van der Waals surface area (Å²) in [6.07, 6.45) is 10.2. The van der Waals surface area contributed by atoms with Crippen LogP contribution >= 0.6 is 0 Å². The van der Waals surface area contributed by atoms with E-state index in [1.165, 1.54) is 44.6 Å². The smallest absolute Gasteiger partial charge is 0.114 e. The standard InChI is InChI=1S/C28H36O/c1-8-24-14-19(3)15-26(24)16-22(6)29-17-25-10-9-11-27(23(25)7)28-20(4)12-18(2)13-21(28)5/h8-12,16,18-19H,6,13-15,17H2,1-5,7H3/b24-8-,26-16-. The van der Waals surface area contributed by atoms with E-state index in [1.807, 2.05) is 0 Å². The van der Waals surface area contributed by atoms with E-state index < -0.39 is 0 Å². The molecule has 0 saturated heterocycles. The number of rotatable bonds is 5. The first kappa shape index (κ1) is 21.4. The highest BCUT2D eigenvalue weighted by Gasteiger charge is 2.20. The van der Waals surface area contributed by atoms with Crippen molar-refractivity contribution >= 4 is 5.57 Å². The molecule has 3 rings (SSSR count). The molecular weight excluding hydrogens is 352 g/mol. The summed E-state index contributed by atoms with van der Waals surface area (Å²) in [6.45, 7) is 18.2. The first-order chi connectivity index (χ1) is 13.8. The van der Waals surface area contributed by atoms with E-state index in [0.717, 1.165) is 25.0 Å². The van der Waals surface area contributed by atoms with Gasteiger partial charge in [0.15, 0.2) is 0 Å². The third-order valence-electron chi connectivity index (χ3n) is 6.35. The second-order valence-corrected chi connectivity index (χ2v) is 9.03. The van der Waals surface area contributed by atoms with Gasteiger partial charge in [-0.05, 0) is 104 Å². The lowest BCUT2D eigenvalue weighted by Gasteiger charge is -2.24. The normalized spacial score (nSPS) is 25.0. The lowest BCUT2D eigenvalue weighted by molar-refractivity contribution is 0.211. The van der Waals surface area contributed by atoms with Gasteiger partial charge in [0.2, 0.25) is 0 Å². The minimum atomic E-state index is 0.564. The Labute approximate surface area is 177 Å². The molecule has 1 fully saturated rings. The van der Waals surface area contributed by atoms with E-state index in [9.17, 15) is 0 Å². The molecule has 0 N–H and O–H groups in total. The largest absolute Gasteiger partial charge is 0.490 e. The predicted octanol–water partition coefficient (Wildman–Crippen LogP) is 8.09. The van der Waals surface area contributed by atoms with Gasteiger partial charge in [-0.15, -0.1) is 0 Å². The van der Waals surface area contributed by atoms with E-state index >= 15 is 0 Å². The van der Waals surface area contributed by atoms with Crippen molar-refractivity contribution in [3.05, 3.63) is 87.7 Å². The van der Waals surface area contributed by atoms with Gasteiger partial charge in [0.05, 0.1) is 0 Å². The molecule has 0 bridgehead atoms. The molecule has 29 heavy (non-hydrogen) atoms. The van der Waals surface area contributed by atoms with Gasteiger partial charge in [0.1, 0.15) is 12.4 Å². The molecule has 2 aliphatic carbocycles. The summed E-state index contributed by atoms with van der Waals surface area (Å²) in [5, 5.41) is 0. The van der Waals surface area contributed by atoms with Crippen molar-refractivity contribution in [2.75, 3.05) is 0 Å². The number of hydrogen-bond acceptors (Lipinski definition) is 1. The second kappa shape index (κ2) is 9.03. The summed E-state index contributed by atoms with van der Waals surface area (Å²) in [4.78, 5) is 0. The van der Waals surface area contributed by atoms with Crippen LogP contribution in [0.2, 0.25) is 0 Å². The van der Waals surface area contributed by atoms with Crippen LogP contribution in [0.1, 0.15) is 70.6 Å². The van der Waals surface area contributed by atoms with Crippen molar-refractivity contribution in [2.24, 2.45) is 11.8 Å². The highest BCUT2D eigenvalue weighted by Crippen LogP contribution is 2.38. The van der Waals surface area contributed by atoms with Crippen molar-refractivity contribution in [2.45, 2.75) is 67.4 Å². The summed E-state index contributed by atoms with van der Waals surface area (Å²) in [6, 6.07) is 6.58. The maximum absolute atomic E-state index is 6.08. The summed E-state index contributed by atoms with van der Waals surface area (Å²) in [7, 11) is 0. The number of hydrogen-bond donors (Lipinski definition) is 0. The minimum Gasteiger partial charge on any atom is -0.490 e. The number of benzene rings is 1. The fourth-order valence-corrected chi connectivity index (χ4v) is 4.99. The summed E-state index contributed by atoms with van der Waals surface area (Å²) in [5.41, 5.74) is 11.0. The van der Waals surface area contributed by atoms with Crippen LogP contribution in [-0.2, 0) is 11.3 Å². The average molecular weight is 389 g/mol. The molecule has 154 valence electrons. The highest BCUT2D eigenvalue weighted by atomic mass is 16.5. The Morgan fingerprint density at radius 2 is 1.83 bits per heavy atom. The van der Waals surface area contributed by atoms with Gasteiger partial charge in [0, 0.05) is 0 Å². The molecule has 2 atom stereocenters. The molecule has 0 heterocycles. The van der Waals surface area contributed by atoms with Gasteiger partial charge in [-0.2, -0.15) is 0 Å². The molecule has 1 aromatic rings. The Morgan fingerprint density at radius 3 is 2.52 bits per heavy atom. The van der Waals surface area contributed by atoms with Crippen molar-refractivity contribution in [3.63, 3.8) is 0 Å². The zero-order chi connectivity index (χ0) is 21.1. The number of allylic oxidation sites excluding steroid dienone is 8. The molecule has 0 spiro atoms. The molecular formula is C28H36O. The Morgan fingerprint density at radius 1 is 1.10 bits per heavy atom. The van der Waals surface area contributed by atoms with Crippen LogP contribution in [0.4, 0.5) is 0 Å². The molecule has 0 aliphatic heterocycles. The Balaban J connectivity index is 1.77. The molecule has 1 saturated carbocycles. The lowest BCUT2D eigenvalue weighted by atomic mass is 9.81. The molecule has 1 aromatic carbocycles. The quantitative estimate of drug-likeness (QED) is 0.463. The first-order valence-electron chi connectivity index (χ1n) is 10.9. The minimum absolute atomic E-state index is 0.564. The van der Waals surface area contributed by atoms with Crippen LogP contribution in [0.25, 0.3) is 5.57 Å². The zero-order valence-electron chi connectivity index (χ0n) is 19.1. The molecule has 0 aromatic heterocycles. The van der Waals surface area contributed by atoms with Crippen molar-refractivity contribution in [1.29, 1.82) is 0 Å². The first-order valence-corrected chi connectivity index (χ1v) is 10.9. The highest BCUT2D eigenvalue weighted by molar-refractivity contribution is 5.83. The van der Waals surface area contributed by atoms with Crippen LogP contribution in [0, 0.1) is 18.8 Å². The van der Waals surface area contributed by atoms with Gasteiger partial charge in [-0.25, -0.2) is 0 Å². The monoisotopic (exact) mass is 388 g/mol. The van der Waals surface area contributed by atoms with Crippen LogP contribution in [-0.4, -0.2) is 0 Å². The Hall–Kier alpha value is -2.28. The van der Waals surface area contributed by atoms with Crippen molar-refractivity contribution < 1.29 is 4.74 Å². The Bertz CT molecular complexity index is 920. The fraction of sp³-hybridized carbons (Fsp3) is 0.429. The van der Waals surface area contributed by atoms with Crippen molar-refractivity contribution in [1.82, 2.24) is 0 Å². The molecule has 0 amide bonds. The third-order valence-corrected chi connectivity index (χ3v) is 6.35. The predicted molar refractivity (Wildman–Crippen MR) is 125 cm³/mol. The van der Waals surface area contributed by atoms with E-state index in [4.69, 9.17) is 4.74 Å². The summed E-state index contributed by atoms with van der Waals surface area (Å²) in [5.74, 6) is 2.10. The van der Waals surface area contributed by atoms with Gasteiger partial charge in [0.25, 0.3) is 0 Å². The SMILES string of the molecule is C=C(/C=C1/CC(C)C/C1=C/C)OCc1cccc(C2=C(C)CC(C)C=C2C)c1C. The van der Waals surface area contributed by atoms with Gasteiger partial charge in [-0.1, -0.05) is 56.4 Å². The van der Waals surface area contributed by atoms with Gasteiger partial charge >= 0.3 is 0 Å². The molecule has 1 nitrogen and oxygen atoms in total. The lowest BCUT2D eigenvalue weighted by Crippen LogP contribution is -2.06. The van der Waals surface area contributed by atoms with Crippen LogP contribution in [0.15, 0.2) is 71.1 Å². The Kier molecular flexibility index (Phi) is 6.67. The van der Waals surface area contributed by atoms with Gasteiger partial charge in [-0.3, -0.25) is 0 Å². The summed E-state index contributed by atoms with van der Waals surface area (Å²) < 4.78 is 6.08. The number of ether oxygens (including phenoxy) is 1. The third kappa shape index (κ3) is 4.83. The van der Waals surface area contributed by atoms with E-state index in [-0.39, 0.29) is 0 Å². The maximum Gasteiger partial charge on any atom is 0.114 e. The van der Waals surface area contributed by atoms with E-state index in [0.29, 0.717) is 18.4 Å². The van der Waals surface area contributed by atoms with E-state index in [1.54, 1.807) is 0 Å². The molecule has 1 heteroatoms. The molecule has 2 unspecified atom stereocenters. The van der Waals surface area contributed by atoms with Crippen molar-refractivity contribution in [3.8, 4) is 0 Å². The fourth-order valence-electron chi connectivity index (χ4n) is 4.99. The summed E-state index contributed by atoms with van der Waals surface area (Å²) >= 11 is 0. The van der Waals surface area contributed by atoms with E-state index in [2.05, 4.69) is 84.5 Å². The van der Waals surface area contributed by atoms with Crippen LogP contribution in [0.5, 0.6) is 0 Å². The second-order valence-electron chi connectivity index (χ2n) is 9.03. The van der Waals surface area contributed by atoms with Gasteiger partial charge < -0.3 is 4.74 Å². The average Bonchev–Trinajstić information content (AvgIpc) is 3.00. The molecule has 0 radical (unpaired) electrons. The van der Waals surface area contributed by atoms with Crippen LogP contribution < -0.4 is 0 Å². The molecule has 2 aliphatic rings. The maximum atomic E-state index is 6.08. The van der Waals surface area contributed by atoms with Crippen LogP contribution in [0.3, 0.4) is 0 Å². The zero-order valence-corrected chi connectivity index (χ0v) is 19.1. The topological polar surface area (TPSA) is 9.23 Å².